The Hall–Kier alpha value is -2.25. The molecule has 0 radical (unpaired) electrons. The number of anilines is 1. The van der Waals surface area contributed by atoms with Gasteiger partial charge in [0.2, 0.25) is 11.8 Å². The van der Waals surface area contributed by atoms with Crippen LogP contribution < -0.4 is 10.6 Å². The Morgan fingerprint density at radius 2 is 2.23 bits per heavy atom. The SMILES string of the molecule is C[C@H]1OCCN[C@@H]1c1nc(CC(=O)Nc2ccccc2)no1. The third-order valence-electron chi connectivity index (χ3n) is 3.44. The molecule has 1 aliphatic heterocycles. The number of morpholine rings is 1. The van der Waals surface area contributed by atoms with Gasteiger partial charge in [-0.2, -0.15) is 4.98 Å². The van der Waals surface area contributed by atoms with Crippen LogP contribution >= 0.6 is 0 Å². The van der Waals surface area contributed by atoms with Crippen molar-refractivity contribution in [2.45, 2.75) is 25.5 Å². The predicted octanol–water partition coefficient (Wildman–Crippen LogP) is 1.30. The Morgan fingerprint density at radius 1 is 1.41 bits per heavy atom. The molecule has 3 rings (SSSR count). The molecule has 2 aromatic rings. The van der Waals surface area contributed by atoms with E-state index in [1.54, 1.807) is 0 Å². The number of aromatic nitrogens is 2. The maximum absolute atomic E-state index is 12.0. The fourth-order valence-electron chi connectivity index (χ4n) is 2.35. The largest absolute Gasteiger partial charge is 0.375 e. The van der Waals surface area contributed by atoms with Crippen molar-refractivity contribution in [3.63, 3.8) is 0 Å². The van der Waals surface area contributed by atoms with E-state index in [9.17, 15) is 4.79 Å². The Kier molecular flexibility index (Phi) is 4.45. The summed E-state index contributed by atoms with van der Waals surface area (Å²) in [6, 6.07) is 9.12. The summed E-state index contributed by atoms with van der Waals surface area (Å²) in [6.07, 6.45) is 0.0283. The summed E-state index contributed by atoms with van der Waals surface area (Å²) in [6.45, 7) is 3.35. The number of rotatable bonds is 4. The highest BCUT2D eigenvalue weighted by Crippen LogP contribution is 2.20. The topological polar surface area (TPSA) is 89.3 Å². The zero-order valence-electron chi connectivity index (χ0n) is 12.3. The Morgan fingerprint density at radius 3 is 3.00 bits per heavy atom. The molecular weight excluding hydrogens is 284 g/mol. The van der Waals surface area contributed by atoms with Crippen molar-refractivity contribution in [2.24, 2.45) is 0 Å². The van der Waals surface area contributed by atoms with Gasteiger partial charge in [-0.25, -0.2) is 0 Å². The standard InChI is InChI=1S/C15H18N4O3/c1-10-14(16-7-8-21-10)15-18-12(19-22-15)9-13(20)17-11-5-3-2-4-6-11/h2-6,10,14,16H,7-9H2,1H3,(H,17,20)/t10-,14+/m1/s1. The number of hydrogen-bond acceptors (Lipinski definition) is 6. The van der Waals surface area contributed by atoms with Crippen molar-refractivity contribution in [2.75, 3.05) is 18.5 Å². The molecule has 1 fully saturated rings. The van der Waals surface area contributed by atoms with Crippen molar-refractivity contribution in [3.8, 4) is 0 Å². The van der Waals surface area contributed by atoms with E-state index in [1.807, 2.05) is 37.3 Å². The molecule has 2 N–H and O–H groups in total. The molecule has 2 heterocycles. The third-order valence-corrected chi connectivity index (χ3v) is 3.44. The zero-order valence-corrected chi connectivity index (χ0v) is 12.3. The fourth-order valence-corrected chi connectivity index (χ4v) is 2.35. The maximum Gasteiger partial charge on any atom is 0.246 e. The van der Waals surface area contributed by atoms with E-state index in [0.717, 1.165) is 12.2 Å². The van der Waals surface area contributed by atoms with Crippen LogP contribution in [-0.4, -0.2) is 35.3 Å². The molecule has 1 aromatic heterocycles. The summed E-state index contributed by atoms with van der Waals surface area (Å²) >= 11 is 0. The lowest BCUT2D eigenvalue weighted by Gasteiger charge is -2.27. The maximum atomic E-state index is 12.0. The molecule has 2 atom stereocenters. The first-order valence-electron chi connectivity index (χ1n) is 7.25. The van der Waals surface area contributed by atoms with Crippen molar-refractivity contribution >= 4 is 11.6 Å². The van der Waals surface area contributed by atoms with Crippen LogP contribution in [0.5, 0.6) is 0 Å². The summed E-state index contributed by atoms with van der Waals surface area (Å²) < 4.78 is 10.8. The number of carbonyl (C=O) groups is 1. The van der Waals surface area contributed by atoms with Gasteiger partial charge < -0.3 is 19.9 Å². The molecule has 0 aliphatic carbocycles. The molecule has 0 bridgehead atoms. The monoisotopic (exact) mass is 302 g/mol. The van der Waals surface area contributed by atoms with Gasteiger partial charge in [-0.05, 0) is 19.1 Å². The van der Waals surface area contributed by atoms with Crippen LogP contribution in [0.4, 0.5) is 5.69 Å². The highest BCUT2D eigenvalue weighted by molar-refractivity contribution is 5.91. The quantitative estimate of drug-likeness (QED) is 0.885. The molecular formula is C15H18N4O3. The molecule has 1 amide bonds. The fraction of sp³-hybridized carbons (Fsp3) is 0.400. The Balaban J connectivity index is 1.60. The van der Waals surface area contributed by atoms with E-state index in [1.165, 1.54) is 0 Å². The van der Waals surface area contributed by atoms with Gasteiger partial charge in [-0.3, -0.25) is 4.79 Å². The third kappa shape index (κ3) is 3.49. The summed E-state index contributed by atoms with van der Waals surface area (Å²) in [5.74, 6) is 0.636. The minimum Gasteiger partial charge on any atom is -0.375 e. The number of amides is 1. The summed E-state index contributed by atoms with van der Waals surface area (Å²) in [5, 5.41) is 9.92. The lowest BCUT2D eigenvalue weighted by Crippen LogP contribution is -2.40. The molecule has 116 valence electrons. The van der Waals surface area contributed by atoms with E-state index < -0.39 is 0 Å². The second-order valence-corrected chi connectivity index (χ2v) is 5.15. The van der Waals surface area contributed by atoms with Gasteiger partial charge in [0.05, 0.1) is 19.1 Å². The summed E-state index contributed by atoms with van der Waals surface area (Å²) in [4.78, 5) is 16.2. The molecule has 1 aromatic carbocycles. The first-order valence-corrected chi connectivity index (χ1v) is 7.25. The second kappa shape index (κ2) is 6.67. The van der Waals surface area contributed by atoms with E-state index in [0.29, 0.717) is 18.3 Å². The van der Waals surface area contributed by atoms with E-state index in [2.05, 4.69) is 20.8 Å². The smallest absolute Gasteiger partial charge is 0.246 e. The lowest BCUT2D eigenvalue weighted by molar-refractivity contribution is -0.115. The van der Waals surface area contributed by atoms with Crippen LogP contribution in [-0.2, 0) is 16.0 Å². The first-order chi connectivity index (χ1) is 10.7. The highest BCUT2D eigenvalue weighted by Gasteiger charge is 2.28. The molecule has 0 spiro atoms. The number of nitrogens with one attached hydrogen (secondary N) is 2. The molecule has 7 nitrogen and oxygen atoms in total. The second-order valence-electron chi connectivity index (χ2n) is 5.15. The van der Waals surface area contributed by atoms with Crippen LogP contribution in [0.1, 0.15) is 24.7 Å². The number of ether oxygens (including phenoxy) is 1. The van der Waals surface area contributed by atoms with E-state index in [4.69, 9.17) is 9.26 Å². The highest BCUT2D eigenvalue weighted by atomic mass is 16.5. The summed E-state index contributed by atoms with van der Waals surface area (Å²) in [7, 11) is 0. The van der Waals surface area contributed by atoms with Crippen LogP contribution in [0.25, 0.3) is 0 Å². The van der Waals surface area contributed by atoms with Crippen molar-refractivity contribution in [3.05, 3.63) is 42.0 Å². The molecule has 1 saturated heterocycles. The minimum absolute atomic E-state index is 0.0415. The number of para-hydroxylation sites is 1. The number of hydrogen-bond donors (Lipinski definition) is 2. The average molecular weight is 302 g/mol. The van der Waals surface area contributed by atoms with E-state index in [-0.39, 0.29) is 24.5 Å². The molecule has 22 heavy (non-hydrogen) atoms. The summed E-state index contributed by atoms with van der Waals surface area (Å²) in [5.41, 5.74) is 0.743. The molecule has 0 unspecified atom stereocenters. The van der Waals surface area contributed by atoms with Gasteiger partial charge in [0.25, 0.3) is 0 Å². The van der Waals surface area contributed by atoms with Gasteiger partial charge >= 0.3 is 0 Å². The molecule has 7 heteroatoms. The van der Waals surface area contributed by atoms with Gasteiger partial charge in [0, 0.05) is 12.2 Å². The van der Waals surface area contributed by atoms with Crippen molar-refractivity contribution in [1.29, 1.82) is 0 Å². The first kappa shape index (κ1) is 14.7. The van der Waals surface area contributed by atoms with Gasteiger partial charge in [-0.15, -0.1) is 0 Å². The average Bonchev–Trinajstić information content (AvgIpc) is 2.97. The Labute approximate surface area is 128 Å². The normalized spacial score (nSPS) is 21.5. The number of nitrogens with zero attached hydrogens (tertiary/aromatic N) is 2. The molecule has 1 aliphatic rings. The van der Waals surface area contributed by atoms with Gasteiger partial charge in [-0.1, -0.05) is 23.4 Å². The molecule has 0 saturated carbocycles. The van der Waals surface area contributed by atoms with E-state index >= 15 is 0 Å². The minimum atomic E-state index is -0.181. The lowest BCUT2D eigenvalue weighted by atomic mass is 10.1. The predicted molar refractivity (Wildman–Crippen MR) is 79.2 cm³/mol. The Bertz CT molecular complexity index is 629. The van der Waals surface area contributed by atoms with Crippen molar-refractivity contribution in [1.82, 2.24) is 15.5 Å². The van der Waals surface area contributed by atoms with Crippen LogP contribution in [0.2, 0.25) is 0 Å². The van der Waals surface area contributed by atoms with Crippen LogP contribution in [0.3, 0.4) is 0 Å². The van der Waals surface area contributed by atoms with Crippen LogP contribution in [0, 0.1) is 0 Å². The number of benzene rings is 1. The zero-order chi connectivity index (χ0) is 15.4. The van der Waals surface area contributed by atoms with Crippen LogP contribution in [0.15, 0.2) is 34.9 Å². The number of carbonyl (C=O) groups excluding carboxylic acids is 1. The van der Waals surface area contributed by atoms with Gasteiger partial charge in [0.15, 0.2) is 5.82 Å². The van der Waals surface area contributed by atoms with Gasteiger partial charge in [0.1, 0.15) is 6.04 Å². The van der Waals surface area contributed by atoms with Crippen molar-refractivity contribution < 1.29 is 14.1 Å².